The van der Waals surface area contributed by atoms with Crippen LogP contribution in [0.2, 0.25) is 0 Å². The van der Waals surface area contributed by atoms with Crippen LogP contribution in [0, 0.1) is 5.82 Å². The van der Waals surface area contributed by atoms with E-state index in [1.165, 1.54) is 37.7 Å². The monoisotopic (exact) mass is 344 g/mol. The first-order valence-electron chi connectivity index (χ1n) is 5.27. The second-order valence-electron chi connectivity index (χ2n) is 3.65. The zero-order valence-corrected chi connectivity index (χ0v) is 12.6. The van der Waals surface area contributed by atoms with Crippen molar-refractivity contribution < 1.29 is 18.7 Å². The van der Waals surface area contributed by atoms with Crippen LogP contribution in [0.3, 0.4) is 0 Å². The molecule has 1 heterocycles. The van der Waals surface area contributed by atoms with E-state index >= 15 is 0 Å². The van der Waals surface area contributed by atoms with Crippen LogP contribution in [0.5, 0.6) is 11.5 Å². The molecule has 1 aromatic heterocycles. The number of hydrogen-bond donors (Lipinski definition) is 0. The second kappa shape index (κ2) is 5.71. The molecule has 0 fully saturated rings. The van der Waals surface area contributed by atoms with Gasteiger partial charge in [-0.05, 0) is 22.0 Å². The molecule has 0 bridgehead atoms. The molecule has 19 heavy (non-hydrogen) atoms. The van der Waals surface area contributed by atoms with Gasteiger partial charge < -0.3 is 9.47 Å². The summed E-state index contributed by atoms with van der Waals surface area (Å²) >= 11 is 4.33. The largest absolute Gasteiger partial charge is 0.496 e. The number of methoxy groups -OCH3 is 2. The summed E-state index contributed by atoms with van der Waals surface area (Å²) < 4.78 is 23.7. The van der Waals surface area contributed by atoms with Gasteiger partial charge in [-0.1, -0.05) is 0 Å². The van der Waals surface area contributed by atoms with Gasteiger partial charge in [0.05, 0.1) is 29.1 Å². The summed E-state index contributed by atoms with van der Waals surface area (Å²) in [6, 6.07) is 4.24. The van der Waals surface area contributed by atoms with E-state index < -0.39 is 5.82 Å². The quantitative estimate of drug-likeness (QED) is 0.789. The van der Waals surface area contributed by atoms with Gasteiger partial charge in [-0.2, -0.15) is 0 Å². The summed E-state index contributed by atoms with van der Waals surface area (Å²) in [7, 11) is 2.93. The molecule has 0 amide bonds. The van der Waals surface area contributed by atoms with Crippen molar-refractivity contribution in [2.24, 2.45) is 0 Å². The molecular formula is C13H10BrFO3S. The van der Waals surface area contributed by atoms with E-state index in [1.54, 1.807) is 11.4 Å². The van der Waals surface area contributed by atoms with E-state index in [4.69, 9.17) is 9.47 Å². The Bertz CT molecular complexity index is 624. The Morgan fingerprint density at radius 2 is 2.00 bits per heavy atom. The molecule has 0 radical (unpaired) electrons. The smallest absolute Gasteiger partial charge is 0.206 e. The maximum Gasteiger partial charge on any atom is 0.206 e. The third-order valence-corrected chi connectivity index (χ3v) is 4.04. The fourth-order valence-corrected chi connectivity index (χ4v) is 2.70. The molecule has 0 aliphatic rings. The molecule has 0 unspecified atom stereocenters. The van der Waals surface area contributed by atoms with Gasteiger partial charge in [0.25, 0.3) is 0 Å². The molecule has 0 aliphatic carbocycles. The highest BCUT2D eigenvalue weighted by atomic mass is 79.9. The molecule has 0 N–H and O–H groups in total. The lowest BCUT2D eigenvalue weighted by Gasteiger charge is -2.08. The SMILES string of the molecule is COc1csc(C(=O)c2cc(Br)c(F)cc2OC)c1. The van der Waals surface area contributed by atoms with Crippen LogP contribution in [-0.2, 0) is 0 Å². The number of halogens is 2. The number of rotatable bonds is 4. The van der Waals surface area contributed by atoms with Crippen molar-refractivity contribution in [2.45, 2.75) is 0 Å². The number of hydrogen-bond acceptors (Lipinski definition) is 4. The van der Waals surface area contributed by atoms with Gasteiger partial charge in [0, 0.05) is 17.5 Å². The Hall–Kier alpha value is -1.40. The van der Waals surface area contributed by atoms with Crippen LogP contribution in [0.4, 0.5) is 4.39 Å². The highest BCUT2D eigenvalue weighted by Crippen LogP contribution is 2.31. The van der Waals surface area contributed by atoms with Gasteiger partial charge in [0.1, 0.15) is 17.3 Å². The van der Waals surface area contributed by atoms with E-state index in [-0.39, 0.29) is 16.0 Å². The van der Waals surface area contributed by atoms with Gasteiger partial charge in [-0.15, -0.1) is 11.3 Å². The van der Waals surface area contributed by atoms with E-state index in [2.05, 4.69) is 15.9 Å². The molecule has 0 atom stereocenters. The number of thiophene rings is 1. The molecule has 0 spiro atoms. The van der Waals surface area contributed by atoms with Gasteiger partial charge in [0.2, 0.25) is 5.78 Å². The summed E-state index contributed by atoms with van der Waals surface area (Å²) in [6.45, 7) is 0. The van der Waals surface area contributed by atoms with Crippen LogP contribution >= 0.6 is 27.3 Å². The molecule has 2 aromatic rings. The van der Waals surface area contributed by atoms with Crippen molar-refractivity contribution >= 4 is 33.0 Å². The van der Waals surface area contributed by atoms with Gasteiger partial charge in [-0.3, -0.25) is 4.79 Å². The van der Waals surface area contributed by atoms with Crippen LogP contribution in [-0.4, -0.2) is 20.0 Å². The number of ether oxygens (including phenoxy) is 2. The average Bonchev–Trinajstić information content (AvgIpc) is 2.89. The van der Waals surface area contributed by atoms with Gasteiger partial charge in [0.15, 0.2) is 0 Å². The summed E-state index contributed by atoms with van der Waals surface area (Å²) in [5, 5.41) is 1.73. The number of benzene rings is 1. The molecule has 2 rings (SSSR count). The standard InChI is InChI=1S/C13H10BrFO3S/c1-17-7-3-12(19-6-7)13(16)8-4-9(14)10(15)5-11(8)18-2/h3-6H,1-2H3. The first kappa shape index (κ1) is 14.0. The van der Waals surface area contributed by atoms with Crippen LogP contribution in [0.15, 0.2) is 28.1 Å². The normalized spacial score (nSPS) is 10.3. The van der Waals surface area contributed by atoms with Gasteiger partial charge in [-0.25, -0.2) is 4.39 Å². The number of carbonyl (C=O) groups is 1. The van der Waals surface area contributed by atoms with Crippen LogP contribution in [0.25, 0.3) is 0 Å². The van der Waals surface area contributed by atoms with E-state index in [0.29, 0.717) is 16.2 Å². The maximum atomic E-state index is 13.4. The molecular weight excluding hydrogens is 335 g/mol. The lowest BCUT2D eigenvalue weighted by molar-refractivity contribution is 0.103. The highest BCUT2D eigenvalue weighted by Gasteiger charge is 2.19. The first-order valence-corrected chi connectivity index (χ1v) is 6.94. The Morgan fingerprint density at radius 3 is 2.58 bits per heavy atom. The zero-order valence-electron chi connectivity index (χ0n) is 10.2. The highest BCUT2D eigenvalue weighted by molar-refractivity contribution is 9.10. The van der Waals surface area contributed by atoms with Crippen LogP contribution in [0.1, 0.15) is 15.2 Å². The zero-order chi connectivity index (χ0) is 14.0. The maximum absolute atomic E-state index is 13.4. The van der Waals surface area contributed by atoms with Crippen molar-refractivity contribution in [3.05, 3.63) is 44.3 Å². The minimum Gasteiger partial charge on any atom is -0.496 e. The van der Waals surface area contributed by atoms with Crippen molar-refractivity contribution in [3.8, 4) is 11.5 Å². The fraction of sp³-hybridized carbons (Fsp3) is 0.154. The first-order chi connectivity index (χ1) is 9.06. The van der Waals surface area contributed by atoms with Crippen LogP contribution < -0.4 is 9.47 Å². The Balaban J connectivity index is 2.45. The predicted octanol–water partition coefficient (Wildman–Crippen LogP) is 3.90. The summed E-state index contributed by atoms with van der Waals surface area (Å²) in [5.41, 5.74) is 0.306. The van der Waals surface area contributed by atoms with Crippen molar-refractivity contribution in [3.63, 3.8) is 0 Å². The Kier molecular flexibility index (Phi) is 4.21. The molecule has 0 saturated heterocycles. The molecule has 100 valence electrons. The van der Waals surface area contributed by atoms with Crippen molar-refractivity contribution in [2.75, 3.05) is 14.2 Å². The minimum absolute atomic E-state index is 0.207. The Morgan fingerprint density at radius 1 is 1.26 bits per heavy atom. The minimum atomic E-state index is -0.475. The predicted molar refractivity (Wildman–Crippen MR) is 75.0 cm³/mol. The van der Waals surface area contributed by atoms with E-state index in [1.807, 2.05) is 0 Å². The lowest BCUT2D eigenvalue weighted by Crippen LogP contribution is -2.03. The fourth-order valence-electron chi connectivity index (χ4n) is 1.55. The third-order valence-electron chi connectivity index (χ3n) is 2.52. The Labute approximate surface area is 122 Å². The summed E-state index contributed by atoms with van der Waals surface area (Å²) in [6.07, 6.45) is 0. The third kappa shape index (κ3) is 2.79. The molecule has 0 saturated carbocycles. The summed E-state index contributed by atoms with van der Waals surface area (Å²) in [4.78, 5) is 12.9. The lowest BCUT2D eigenvalue weighted by atomic mass is 10.1. The molecule has 0 aliphatic heterocycles. The number of ketones is 1. The second-order valence-corrected chi connectivity index (χ2v) is 5.41. The average molecular weight is 345 g/mol. The van der Waals surface area contributed by atoms with Gasteiger partial charge >= 0.3 is 0 Å². The van der Waals surface area contributed by atoms with Crippen molar-refractivity contribution in [1.29, 1.82) is 0 Å². The molecule has 3 nitrogen and oxygen atoms in total. The number of carbonyl (C=O) groups excluding carboxylic acids is 1. The topological polar surface area (TPSA) is 35.5 Å². The molecule has 6 heteroatoms. The molecule has 1 aromatic carbocycles. The van der Waals surface area contributed by atoms with E-state index in [9.17, 15) is 9.18 Å². The van der Waals surface area contributed by atoms with Crippen molar-refractivity contribution in [1.82, 2.24) is 0 Å². The van der Waals surface area contributed by atoms with E-state index in [0.717, 1.165) is 0 Å². The summed E-state index contributed by atoms with van der Waals surface area (Å²) in [5.74, 6) is 0.120.